The highest BCUT2D eigenvalue weighted by Crippen LogP contribution is 2.52. The first-order chi connectivity index (χ1) is 17.1. The fourth-order valence-electron chi connectivity index (χ4n) is 6.43. The molecular formula is C25H31N3O8S. The van der Waals surface area contributed by atoms with Crippen molar-refractivity contribution in [1.82, 2.24) is 4.90 Å². The summed E-state index contributed by atoms with van der Waals surface area (Å²) in [5, 5.41) is 22.6. The molecule has 3 aliphatic carbocycles. The number of nitrogens with zero attached hydrogens (tertiary/aromatic N) is 2. The molecule has 0 aliphatic heterocycles. The minimum atomic E-state index is -2.76. The lowest BCUT2D eigenvalue weighted by molar-refractivity contribution is -0.181. The first kappa shape index (κ1) is 27.1. The predicted molar refractivity (Wildman–Crippen MR) is 133 cm³/mol. The van der Waals surface area contributed by atoms with Gasteiger partial charge in [0.15, 0.2) is 34.7 Å². The topological polar surface area (TPSA) is 175 Å². The summed E-state index contributed by atoms with van der Waals surface area (Å²) >= 11 is 0. The van der Waals surface area contributed by atoms with E-state index in [-0.39, 0.29) is 35.5 Å². The summed E-state index contributed by atoms with van der Waals surface area (Å²) in [7, 11) is 5.25. The van der Waals surface area contributed by atoms with Gasteiger partial charge >= 0.3 is 0 Å². The van der Waals surface area contributed by atoms with Crippen LogP contribution in [0.4, 0.5) is 5.69 Å². The molecule has 4 N–H and O–H groups in total. The Hall–Kier alpha value is -2.96. The average molecular weight is 534 g/mol. The van der Waals surface area contributed by atoms with E-state index in [1.54, 1.807) is 25.1 Å². The number of hydrogen-bond donors (Lipinski definition) is 3. The molecule has 3 aliphatic rings. The quantitative estimate of drug-likeness (QED) is 0.390. The van der Waals surface area contributed by atoms with E-state index in [9.17, 15) is 38.4 Å². The van der Waals surface area contributed by atoms with E-state index in [1.165, 1.54) is 25.3 Å². The predicted octanol–water partition coefficient (Wildman–Crippen LogP) is -1.19. The number of phenols is 1. The number of amides is 1. The number of rotatable bonds is 5. The highest BCUT2D eigenvalue weighted by Gasteiger charge is 2.69. The highest BCUT2D eigenvalue weighted by atomic mass is 32.2. The Morgan fingerprint density at radius 3 is 2.30 bits per heavy atom. The number of carbonyl (C=O) groups excluding carboxylic acids is 5. The van der Waals surface area contributed by atoms with Crippen LogP contribution in [0.25, 0.3) is 0 Å². The number of aromatic hydroxyl groups is 1. The number of anilines is 1. The summed E-state index contributed by atoms with van der Waals surface area (Å²) in [6.45, 7) is 0. The van der Waals surface area contributed by atoms with Crippen LogP contribution in [-0.4, -0.2) is 94.5 Å². The van der Waals surface area contributed by atoms with Gasteiger partial charge in [0.2, 0.25) is 5.91 Å². The van der Waals surface area contributed by atoms with E-state index in [4.69, 9.17) is 5.73 Å². The molecule has 0 saturated heterocycles. The molecule has 0 radical (unpaired) electrons. The third kappa shape index (κ3) is 3.84. The van der Waals surface area contributed by atoms with Crippen LogP contribution < -0.4 is 10.6 Å². The number of aliphatic hydroxyl groups is 1. The van der Waals surface area contributed by atoms with Crippen molar-refractivity contribution in [3.63, 3.8) is 0 Å². The lowest BCUT2D eigenvalue weighted by Gasteiger charge is -2.52. The van der Waals surface area contributed by atoms with E-state index in [1.807, 2.05) is 0 Å². The van der Waals surface area contributed by atoms with Gasteiger partial charge in [-0.05, 0) is 44.5 Å². The van der Waals surface area contributed by atoms with Gasteiger partial charge in [-0.3, -0.25) is 33.1 Å². The minimum Gasteiger partial charge on any atom is -0.507 e. The van der Waals surface area contributed by atoms with Gasteiger partial charge in [0.05, 0.1) is 23.3 Å². The number of ketones is 4. The van der Waals surface area contributed by atoms with Crippen molar-refractivity contribution in [2.75, 3.05) is 39.3 Å². The number of Topliss-reactive ketones (excluding diaryl/α,β-unsaturated/α-hetero) is 4. The van der Waals surface area contributed by atoms with Crippen LogP contribution in [0.1, 0.15) is 27.9 Å². The number of carbonyl (C=O) groups is 5. The van der Waals surface area contributed by atoms with Crippen molar-refractivity contribution in [3.05, 3.63) is 22.8 Å². The van der Waals surface area contributed by atoms with E-state index in [0.29, 0.717) is 11.3 Å². The third-order valence-corrected chi connectivity index (χ3v) is 8.67. The molecule has 0 aromatic heterocycles. The average Bonchev–Trinajstić information content (AvgIpc) is 2.77. The van der Waals surface area contributed by atoms with Crippen LogP contribution in [-0.2, 0) is 42.2 Å². The summed E-state index contributed by atoms with van der Waals surface area (Å²) in [5.74, 6) is -10.9. The van der Waals surface area contributed by atoms with Gasteiger partial charge in [0.1, 0.15) is 5.75 Å². The number of nitrogens with two attached hydrogens (primary N) is 1. The fourth-order valence-corrected chi connectivity index (χ4v) is 7.09. The Morgan fingerprint density at radius 2 is 1.78 bits per heavy atom. The molecule has 2 saturated carbocycles. The summed E-state index contributed by atoms with van der Waals surface area (Å²) in [6.07, 6.45) is 1.61. The zero-order valence-electron chi connectivity index (χ0n) is 21.3. The normalized spacial score (nSPS) is 32.0. The van der Waals surface area contributed by atoms with E-state index < -0.39 is 75.2 Å². The van der Waals surface area contributed by atoms with Crippen LogP contribution in [0, 0.1) is 23.7 Å². The van der Waals surface area contributed by atoms with Crippen molar-refractivity contribution < 1.29 is 38.4 Å². The van der Waals surface area contributed by atoms with E-state index >= 15 is 0 Å². The minimum absolute atomic E-state index is 0.0156. The molecule has 0 spiro atoms. The van der Waals surface area contributed by atoms with Crippen molar-refractivity contribution in [1.29, 1.82) is 0 Å². The summed E-state index contributed by atoms with van der Waals surface area (Å²) < 4.78 is 11.9. The molecule has 37 heavy (non-hydrogen) atoms. The van der Waals surface area contributed by atoms with Crippen LogP contribution in [0.5, 0.6) is 5.75 Å². The van der Waals surface area contributed by atoms with Crippen molar-refractivity contribution in [2.45, 2.75) is 30.2 Å². The molecule has 4 rings (SSSR count). The summed E-state index contributed by atoms with van der Waals surface area (Å²) in [4.78, 5) is 69.4. The van der Waals surface area contributed by atoms with Crippen molar-refractivity contribution in [2.24, 2.45) is 29.4 Å². The van der Waals surface area contributed by atoms with Gasteiger partial charge in [-0.1, -0.05) is 0 Å². The molecule has 0 bridgehead atoms. The summed E-state index contributed by atoms with van der Waals surface area (Å²) in [5.41, 5.74) is 3.85. The maximum Gasteiger partial charge on any atom is 0.235 e. The molecule has 7 atom stereocenters. The Morgan fingerprint density at radius 1 is 1.16 bits per heavy atom. The largest absolute Gasteiger partial charge is 0.507 e. The smallest absolute Gasteiger partial charge is 0.235 e. The molecule has 200 valence electrons. The van der Waals surface area contributed by atoms with Crippen LogP contribution in [0.2, 0.25) is 0 Å². The molecule has 2 fully saturated rings. The first-order valence-corrected chi connectivity index (χ1v) is 13.6. The number of phenolic OH excluding ortho intramolecular Hbond substituents is 1. The van der Waals surface area contributed by atoms with Crippen molar-refractivity contribution >= 4 is 45.5 Å². The number of benzene rings is 1. The molecule has 3 unspecified atom stereocenters. The van der Waals surface area contributed by atoms with Crippen LogP contribution >= 0.6 is 0 Å². The Kier molecular flexibility index (Phi) is 6.66. The fraction of sp³-hybridized carbons (Fsp3) is 0.560. The SMILES string of the molecule is CN(C)c1cc(CS(C)=O)c(O)c2c1C[C@H]1C[C@H]3[C@H](N(C)C)C(=O)C(C(N)=O)C(=O)[C@@]3(O)C(=O)C1C2=O. The van der Waals surface area contributed by atoms with Crippen LogP contribution in [0.15, 0.2) is 6.07 Å². The number of hydrogen-bond acceptors (Lipinski definition) is 10. The number of fused-ring (bicyclic) bond motifs is 3. The lowest BCUT2D eigenvalue weighted by atomic mass is 9.52. The van der Waals surface area contributed by atoms with Crippen molar-refractivity contribution in [3.8, 4) is 5.75 Å². The van der Waals surface area contributed by atoms with Gasteiger partial charge in [0, 0.05) is 48.3 Å². The standard InChI is InChI=1S/C25H31N3O8S/c1-27(2)14-8-11(9-37(5)36)19(29)16-12(14)6-10-7-13-18(28(3)4)21(31)17(24(26)34)23(33)25(13,35)22(32)15(10)20(16)30/h8,10,13,15,17-18,29,35H,6-7,9H2,1-5H3,(H2,26,34)/t10-,13-,15?,17?,18-,25-,37?/m0/s1. The Bertz CT molecular complexity index is 1270. The maximum atomic E-state index is 13.9. The molecule has 0 heterocycles. The highest BCUT2D eigenvalue weighted by molar-refractivity contribution is 7.83. The zero-order valence-corrected chi connectivity index (χ0v) is 22.1. The maximum absolute atomic E-state index is 13.9. The van der Waals surface area contributed by atoms with Gasteiger partial charge in [-0.25, -0.2) is 0 Å². The first-order valence-electron chi connectivity index (χ1n) is 11.8. The number of primary amides is 1. The molecule has 1 aromatic carbocycles. The molecule has 1 amide bonds. The second kappa shape index (κ2) is 9.10. The zero-order chi connectivity index (χ0) is 27.7. The Balaban J connectivity index is 1.91. The number of likely N-dealkylation sites (N-methyl/N-ethyl adjacent to an activating group) is 1. The molecule has 12 heteroatoms. The second-order valence-corrected chi connectivity index (χ2v) is 12.1. The second-order valence-electron chi connectivity index (χ2n) is 10.7. The summed E-state index contributed by atoms with van der Waals surface area (Å²) in [6, 6.07) is 0.517. The Labute approximate surface area is 216 Å². The molecule has 1 aromatic rings. The van der Waals surface area contributed by atoms with E-state index in [0.717, 1.165) is 0 Å². The third-order valence-electron chi connectivity index (χ3n) is 7.96. The van der Waals surface area contributed by atoms with Gasteiger partial charge < -0.3 is 20.8 Å². The molecular weight excluding hydrogens is 502 g/mol. The van der Waals surface area contributed by atoms with E-state index in [2.05, 4.69) is 0 Å². The van der Waals surface area contributed by atoms with Crippen LogP contribution in [0.3, 0.4) is 0 Å². The monoisotopic (exact) mass is 533 g/mol. The van der Waals surface area contributed by atoms with Gasteiger partial charge in [-0.2, -0.15) is 0 Å². The van der Waals surface area contributed by atoms with Gasteiger partial charge in [0.25, 0.3) is 0 Å². The lowest BCUT2D eigenvalue weighted by Crippen LogP contribution is -2.74. The molecule has 11 nitrogen and oxygen atoms in total. The van der Waals surface area contributed by atoms with Gasteiger partial charge in [-0.15, -0.1) is 0 Å².